The van der Waals surface area contributed by atoms with Gasteiger partial charge in [-0.1, -0.05) is 12.6 Å². The Morgan fingerprint density at radius 1 is 1.44 bits per heavy atom. The fourth-order valence-electron chi connectivity index (χ4n) is 1.08. The Labute approximate surface area is 94.1 Å². The summed E-state index contributed by atoms with van der Waals surface area (Å²) in [5.74, 6) is 0.212. The van der Waals surface area contributed by atoms with Crippen LogP contribution in [0.1, 0.15) is 12.5 Å². The molecular weight excluding hydrogens is 208 g/mol. The van der Waals surface area contributed by atoms with Gasteiger partial charge in [0.2, 0.25) is 0 Å². The molecule has 0 radical (unpaired) electrons. The first kappa shape index (κ1) is 12.3. The van der Waals surface area contributed by atoms with Crippen LogP contribution in [0.15, 0.2) is 30.4 Å². The molecule has 0 aromatic heterocycles. The molecule has 0 unspecified atom stereocenters. The second-order valence-electron chi connectivity index (χ2n) is 3.31. The van der Waals surface area contributed by atoms with Gasteiger partial charge in [-0.2, -0.15) is 0 Å². The van der Waals surface area contributed by atoms with Crippen LogP contribution < -0.4 is 9.47 Å². The van der Waals surface area contributed by atoms with E-state index in [0.29, 0.717) is 22.6 Å². The van der Waals surface area contributed by atoms with Crippen molar-refractivity contribution in [1.29, 1.82) is 0 Å². The minimum absolute atomic E-state index is 0.0922. The molecular formula is C12H14O4. The van der Waals surface area contributed by atoms with E-state index in [1.54, 1.807) is 25.1 Å². The molecule has 1 aromatic rings. The number of esters is 1. The molecule has 0 aliphatic rings. The number of carbonyl (C=O) groups excluding carboxylic acids is 1. The predicted molar refractivity (Wildman–Crippen MR) is 59.4 cm³/mol. The number of hydrogen-bond acceptors (Lipinski definition) is 4. The van der Waals surface area contributed by atoms with Crippen LogP contribution >= 0.6 is 0 Å². The molecule has 0 spiro atoms. The first-order valence-electron chi connectivity index (χ1n) is 4.74. The van der Waals surface area contributed by atoms with Crippen LogP contribution in [0, 0.1) is 0 Å². The molecule has 16 heavy (non-hydrogen) atoms. The number of benzene rings is 1. The van der Waals surface area contributed by atoms with Gasteiger partial charge in [0.05, 0.1) is 13.7 Å². The second kappa shape index (κ2) is 5.32. The summed E-state index contributed by atoms with van der Waals surface area (Å²) in [6.45, 7) is 4.96. The highest BCUT2D eigenvalue weighted by molar-refractivity contribution is 5.89. The Kier molecular flexibility index (Phi) is 4.08. The Bertz CT molecular complexity index is 409. The zero-order valence-electron chi connectivity index (χ0n) is 9.32. The van der Waals surface area contributed by atoms with E-state index in [9.17, 15) is 4.79 Å². The zero-order valence-corrected chi connectivity index (χ0v) is 9.32. The fourth-order valence-corrected chi connectivity index (χ4v) is 1.08. The summed E-state index contributed by atoms with van der Waals surface area (Å²) in [6.07, 6.45) is 0. The van der Waals surface area contributed by atoms with Crippen molar-refractivity contribution < 1.29 is 19.4 Å². The number of aliphatic hydroxyl groups is 1. The molecule has 0 amide bonds. The lowest BCUT2D eigenvalue weighted by Gasteiger charge is -2.09. The van der Waals surface area contributed by atoms with Crippen molar-refractivity contribution in [1.82, 2.24) is 0 Å². The lowest BCUT2D eigenvalue weighted by Crippen LogP contribution is -2.09. The second-order valence-corrected chi connectivity index (χ2v) is 3.31. The van der Waals surface area contributed by atoms with Crippen LogP contribution in [0.25, 0.3) is 0 Å². The van der Waals surface area contributed by atoms with Crippen LogP contribution in [0.3, 0.4) is 0 Å². The molecule has 1 N–H and O–H groups in total. The van der Waals surface area contributed by atoms with Crippen molar-refractivity contribution in [2.45, 2.75) is 13.5 Å². The summed E-state index contributed by atoms with van der Waals surface area (Å²) in [5, 5.41) is 8.94. The maximum Gasteiger partial charge on any atom is 0.338 e. The van der Waals surface area contributed by atoms with E-state index in [0.717, 1.165) is 0 Å². The number of ether oxygens (including phenoxy) is 2. The molecule has 1 aromatic carbocycles. The molecule has 0 saturated carbocycles. The summed E-state index contributed by atoms with van der Waals surface area (Å²) in [4.78, 5) is 11.3. The van der Waals surface area contributed by atoms with E-state index in [1.165, 1.54) is 7.11 Å². The van der Waals surface area contributed by atoms with Crippen molar-refractivity contribution in [2.24, 2.45) is 0 Å². The highest BCUT2D eigenvalue weighted by Crippen LogP contribution is 2.28. The van der Waals surface area contributed by atoms with Crippen LogP contribution in [0.4, 0.5) is 0 Å². The van der Waals surface area contributed by atoms with E-state index in [2.05, 4.69) is 6.58 Å². The van der Waals surface area contributed by atoms with E-state index in [4.69, 9.17) is 14.6 Å². The van der Waals surface area contributed by atoms with Crippen molar-refractivity contribution >= 4 is 5.97 Å². The summed E-state index contributed by atoms with van der Waals surface area (Å²) < 4.78 is 10.1. The summed E-state index contributed by atoms with van der Waals surface area (Å²) in [6, 6.07) is 4.84. The molecule has 0 aliphatic heterocycles. The van der Waals surface area contributed by atoms with E-state index < -0.39 is 5.97 Å². The van der Waals surface area contributed by atoms with Crippen LogP contribution in [0.5, 0.6) is 11.5 Å². The number of rotatable bonds is 4. The largest absolute Gasteiger partial charge is 0.493 e. The average molecular weight is 222 g/mol. The van der Waals surface area contributed by atoms with Gasteiger partial charge in [0.1, 0.15) is 0 Å². The van der Waals surface area contributed by atoms with Crippen molar-refractivity contribution in [2.75, 3.05) is 7.11 Å². The normalized spacial score (nSPS) is 9.69. The molecule has 0 bridgehead atoms. The van der Waals surface area contributed by atoms with E-state index in [-0.39, 0.29) is 6.61 Å². The molecule has 1 rings (SSSR count). The highest BCUT2D eigenvalue weighted by Gasteiger charge is 2.10. The van der Waals surface area contributed by atoms with Crippen molar-refractivity contribution in [3.63, 3.8) is 0 Å². The molecule has 0 saturated heterocycles. The third kappa shape index (κ3) is 2.84. The number of methoxy groups -OCH3 is 1. The Hall–Kier alpha value is -1.81. The molecule has 4 nitrogen and oxygen atoms in total. The molecule has 0 fully saturated rings. The van der Waals surface area contributed by atoms with Crippen LogP contribution in [-0.2, 0) is 11.4 Å². The van der Waals surface area contributed by atoms with Gasteiger partial charge in [0, 0.05) is 5.57 Å². The Morgan fingerprint density at radius 2 is 2.12 bits per heavy atom. The maximum absolute atomic E-state index is 11.3. The Balaban J connectivity index is 2.96. The highest BCUT2D eigenvalue weighted by atomic mass is 16.6. The minimum atomic E-state index is -0.505. The monoisotopic (exact) mass is 222 g/mol. The van der Waals surface area contributed by atoms with Gasteiger partial charge in [0.25, 0.3) is 0 Å². The molecule has 4 heteroatoms. The lowest BCUT2D eigenvalue weighted by atomic mass is 10.2. The SMILES string of the molecule is C=C(C)C(=O)Oc1ccc(CO)cc1OC. The van der Waals surface area contributed by atoms with Crippen molar-refractivity contribution in [3.8, 4) is 11.5 Å². The predicted octanol–water partition coefficient (Wildman–Crippen LogP) is 1.67. The van der Waals surface area contributed by atoms with E-state index >= 15 is 0 Å². The summed E-state index contributed by atoms with van der Waals surface area (Å²) >= 11 is 0. The fraction of sp³-hybridized carbons (Fsp3) is 0.250. The van der Waals surface area contributed by atoms with Gasteiger partial charge < -0.3 is 14.6 Å². The molecule has 0 heterocycles. The molecule has 0 atom stereocenters. The Morgan fingerprint density at radius 3 is 2.62 bits per heavy atom. The number of hydrogen-bond donors (Lipinski definition) is 1. The summed E-state index contributed by atoms with van der Waals surface area (Å²) in [5.41, 5.74) is 1.00. The van der Waals surface area contributed by atoms with Crippen LogP contribution in [-0.4, -0.2) is 18.2 Å². The van der Waals surface area contributed by atoms with E-state index in [1.807, 2.05) is 0 Å². The first-order chi connectivity index (χ1) is 7.58. The summed E-state index contributed by atoms with van der Waals surface area (Å²) in [7, 11) is 1.47. The number of carbonyl (C=O) groups is 1. The lowest BCUT2D eigenvalue weighted by molar-refractivity contribution is -0.130. The maximum atomic E-state index is 11.3. The van der Waals surface area contributed by atoms with Gasteiger partial charge in [-0.3, -0.25) is 0 Å². The molecule has 86 valence electrons. The first-order valence-corrected chi connectivity index (χ1v) is 4.74. The van der Waals surface area contributed by atoms with Gasteiger partial charge >= 0.3 is 5.97 Å². The number of aliphatic hydroxyl groups excluding tert-OH is 1. The smallest absolute Gasteiger partial charge is 0.338 e. The third-order valence-corrected chi connectivity index (χ3v) is 1.96. The average Bonchev–Trinajstić information content (AvgIpc) is 2.29. The quantitative estimate of drug-likeness (QED) is 0.478. The standard InChI is InChI=1S/C12H14O4/c1-8(2)12(14)16-10-5-4-9(7-13)6-11(10)15-3/h4-6,13H,1,7H2,2-3H3. The van der Waals surface area contributed by atoms with Gasteiger partial charge in [-0.25, -0.2) is 4.79 Å². The van der Waals surface area contributed by atoms with Crippen LogP contribution in [0.2, 0.25) is 0 Å². The minimum Gasteiger partial charge on any atom is -0.493 e. The van der Waals surface area contributed by atoms with Crippen molar-refractivity contribution in [3.05, 3.63) is 35.9 Å². The van der Waals surface area contributed by atoms with Gasteiger partial charge in [-0.05, 0) is 24.6 Å². The van der Waals surface area contributed by atoms with Gasteiger partial charge in [0.15, 0.2) is 11.5 Å². The zero-order chi connectivity index (χ0) is 12.1. The third-order valence-electron chi connectivity index (χ3n) is 1.96. The molecule has 0 aliphatic carbocycles. The topological polar surface area (TPSA) is 55.8 Å². The van der Waals surface area contributed by atoms with Gasteiger partial charge in [-0.15, -0.1) is 0 Å².